The second-order valence-electron chi connectivity index (χ2n) is 6.72. The number of nitrogens with two attached hydrogens (primary N) is 1. The molecule has 1 fully saturated rings. The van der Waals surface area contributed by atoms with E-state index in [4.69, 9.17) is 9.88 Å². The van der Waals surface area contributed by atoms with E-state index in [0.717, 1.165) is 25.9 Å². The third kappa shape index (κ3) is 5.09. The smallest absolute Gasteiger partial charge is 0.342 e. The van der Waals surface area contributed by atoms with Crippen LogP contribution < -0.4 is 15.4 Å². The van der Waals surface area contributed by atoms with Crippen LogP contribution in [0.5, 0.6) is 0 Å². The molecule has 1 aromatic heterocycles. The zero-order chi connectivity index (χ0) is 21.0. The molecular formula is C19H22N4O5S. The van der Waals surface area contributed by atoms with Gasteiger partial charge in [-0.2, -0.15) is 0 Å². The SMILES string of the molecule is Cc1ccc(NC(=O)COC(=O)c2cccnc2N2CCCC2)cc1S(N)(=O)=O. The van der Waals surface area contributed by atoms with E-state index in [1.54, 1.807) is 25.3 Å². The Morgan fingerprint density at radius 2 is 1.97 bits per heavy atom. The number of nitrogens with zero attached hydrogens (tertiary/aromatic N) is 2. The number of hydrogen-bond acceptors (Lipinski definition) is 7. The number of benzene rings is 1. The van der Waals surface area contributed by atoms with Gasteiger partial charge in [-0.1, -0.05) is 6.07 Å². The molecule has 0 aliphatic carbocycles. The summed E-state index contributed by atoms with van der Waals surface area (Å²) < 4.78 is 28.3. The van der Waals surface area contributed by atoms with Gasteiger partial charge in [-0.05, 0) is 49.6 Å². The van der Waals surface area contributed by atoms with E-state index >= 15 is 0 Å². The third-order valence-corrected chi connectivity index (χ3v) is 5.58. The van der Waals surface area contributed by atoms with Crippen LogP contribution in [0.1, 0.15) is 28.8 Å². The first-order valence-corrected chi connectivity index (χ1v) is 10.6. The molecule has 0 radical (unpaired) electrons. The number of aryl methyl sites for hydroxylation is 1. The predicted molar refractivity (Wildman–Crippen MR) is 107 cm³/mol. The van der Waals surface area contributed by atoms with E-state index in [1.165, 1.54) is 18.2 Å². The first-order valence-electron chi connectivity index (χ1n) is 9.06. The molecule has 1 amide bonds. The number of esters is 1. The highest BCUT2D eigenvalue weighted by Gasteiger charge is 2.22. The molecule has 9 nitrogen and oxygen atoms in total. The molecule has 2 heterocycles. The zero-order valence-corrected chi connectivity index (χ0v) is 16.7. The highest BCUT2D eigenvalue weighted by Crippen LogP contribution is 2.23. The first kappa shape index (κ1) is 20.7. The number of carbonyl (C=O) groups excluding carboxylic acids is 2. The Labute approximate surface area is 168 Å². The Kier molecular flexibility index (Phi) is 6.14. The van der Waals surface area contributed by atoms with E-state index in [2.05, 4.69) is 10.3 Å². The fourth-order valence-electron chi connectivity index (χ4n) is 3.13. The molecule has 1 aliphatic rings. The number of ether oxygens (including phenoxy) is 1. The van der Waals surface area contributed by atoms with Crippen molar-refractivity contribution in [3.05, 3.63) is 47.7 Å². The summed E-state index contributed by atoms with van der Waals surface area (Å²) in [6.45, 7) is 2.71. The van der Waals surface area contributed by atoms with Crippen LogP contribution in [0, 0.1) is 6.92 Å². The van der Waals surface area contributed by atoms with Crippen LogP contribution in [0.25, 0.3) is 0 Å². The Morgan fingerprint density at radius 1 is 1.24 bits per heavy atom. The van der Waals surface area contributed by atoms with Crippen molar-refractivity contribution < 1.29 is 22.7 Å². The number of anilines is 2. The van der Waals surface area contributed by atoms with Crippen molar-refractivity contribution in [2.24, 2.45) is 5.14 Å². The van der Waals surface area contributed by atoms with E-state index in [0.29, 0.717) is 16.9 Å². The van der Waals surface area contributed by atoms with Crippen molar-refractivity contribution in [3.8, 4) is 0 Å². The van der Waals surface area contributed by atoms with Gasteiger partial charge in [0, 0.05) is 25.0 Å². The fraction of sp³-hybridized carbons (Fsp3) is 0.316. The Hall–Kier alpha value is -2.98. The summed E-state index contributed by atoms with van der Waals surface area (Å²) in [4.78, 5) is 30.8. The quantitative estimate of drug-likeness (QED) is 0.678. The molecule has 3 N–H and O–H groups in total. The molecule has 1 aromatic carbocycles. The summed E-state index contributed by atoms with van der Waals surface area (Å²) >= 11 is 0. The number of primary sulfonamides is 1. The van der Waals surface area contributed by atoms with Crippen molar-refractivity contribution in [3.63, 3.8) is 0 Å². The van der Waals surface area contributed by atoms with Gasteiger partial charge in [0.15, 0.2) is 6.61 Å². The lowest BCUT2D eigenvalue weighted by Crippen LogP contribution is -2.25. The Bertz CT molecular complexity index is 1030. The van der Waals surface area contributed by atoms with Crippen LogP contribution in [-0.2, 0) is 19.6 Å². The molecule has 2 aromatic rings. The monoisotopic (exact) mass is 418 g/mol. The zero-order valence-electron chi connectivity index (χ0n) is 15.9. The maximum absolute atomic E-state index is 12.4. The third-order valence-electron chi connectivity index (χ3n) is 4.52. The molecule has 1 aliphatic heterocycles. The molecule has 10 heteroatoms. The average Bonchev–Trinajstić information content (AvgIpc) is 3.21. The first-order chi connectivity index (χ1) is 13.8. The Morgan fingerprint density at radius 3 is 2.66 bits per heavy atom. The summed E-state index contributed by atoms with van der Waals surface area (Å²) in [5.41, 5.74) is 0.997. The van der Waals surface area contributed by atoms with E-state index in [1.807, 2.05) is 4.90 Å². The van der Waals surface area contributed by atoms with Crippen LogP contribution in [0.3, 0.4) is 0 Å². The van der Waals surface area contributed by atoms with Gasteiger partial charge in [0.05, 0.1) is 4.90 Å². The molecule has 0 spiro atoms. The van der Waals surface area contributed by atoms with Gasteiger partial charge < -0.3 is 15.0 Å². The standard InChI is InChI=1S/C19H22N4O5S/c1-13-6-7-14(11-16(13)29(20,26)27)22-17(24)12-28-19(25)15-5-4-8-21-18(15)23-9-2-3-10-23/h4-8,11H,2-3,9-10,12H2,1H3,(H,22,24)(H2,20,26,27). The lowest BCUT2D eigenvalue weighted by atomic mass is 10.2. The van der Waals surface area contributed by atoms with Gasteiger partial charge >= 0.3 is 5.97 Å². The van der Waals surface area contributed by atoms with Crippen molar-refractivity contribution in [1.29, 1.82) is 0 Å². The van der Waals surface area contributed by atoms with Crippen molar-refractivity contribution >= 4 is 33.4 Å². The lowest BCUT2D eigenvalue weighted by Gasteiger charge is -2.18. The van der Waals surface area contributed by atoms with Crippen LogP contribution in [0.15, 0.2) is 41.4 Å². The number of aromatic nitrogens is 1. The minimum absolute atomic E-state index is 0.0853. The molecule has 154 valence electrons. The van der Waals surface area contributed by atoms with Gasteiger partial charge in [0.25, 0.3) is 5.91 Å². The average molecular weight is 418 g/mol. The van der Waals surface area contributed by atoms with Gasteiger partial charge in [0.1, 0.15) is 11.4 Å². The maximum atomic E-state index is 12.4. The largest absolute Gasteiger partial charge is 0.452 e. The summed E-state index contributed by atoms with van der Waals surface area (Å²) in [5, 5.41) is 7.66. The van der Waals surface area contributed by atoms with Gasteiger partial charge in [-0.25, -0.2) is 23.3 Å². The molecule has 0 atom stereocenters. The highest BCUT2D eigenvalue weighted by atomic mass is 32.2. The molecule has 1 saturated heterocycles. The number of amides is 1. The molecule has 0 bridgehead atoms. The van der Waals surface area contributed by atoms with E-state index in [-0.39, 0.29) is 10.6 Å². The van der Waals surface area contributed by atoms with Crippen LogP contribution in [-0.4, -0.2) is 45.0 Å². The number of nitrogens with one attached hydrogen (secondary N) is 1. The minimum Gasteiger partial charge on any atom is -0.452 e. The number of hydrogen-bond donors (Lipinski definition) is 2. The van der Waals surface area contributed by atoms with Crippen molar-refractivity contribution in [2.45, 2.75) is 24.7 Å². The van der Waals surface area contributed by atoms with E-state index in [9.17, 15) is 18.0 Å². The van der Waals surface area contributed by atoms with Crippen LogP contribution in [0.2, 0.25) is 0 Å². The number of carbonyl (C=O) groups is 2. The summed E-state index contributed by atoms with van der Waals surface area (Å²) in [5.74, 6) is -0.704. The van der Waals surface area contributed by atoms with Crippen LogP contribution >= 0.6 is 0 Å². The predicted octanol–water partition coefficient (Wildman–Crippen LogP) is 1.43. The molecule has 29 heavy (non-hydrogen) atoms. The highest BCUT2D eigenvalue weighted by molar-refractivity contribution is 7.89. The van der Waals surface area contributed by atoms with Crippen LogP contribution in [0.4, 0.5) is 11.5 Å². The number of pyridine rings is 1. The second-order valence-corrected chi connectivity index (χ2v) is 8.25. The summed E-state index contributed by atoms with van der Waals surface area (Å²) in [6.07, 6.45) is 3.67. The normalized spacial score (nSPS) is 13.9. The van der Waals surface area contributed by atoms with Gasteiger partial charge in [-0.3, -0.25) is 4.79 Å². The molecule has 3 rings (SSSR count). The number of rotatable bonds is 6. The minimum atomic E-state index is -3.91. The fourth-order valence-corrected chi connectivity index (χ4v) is 3.94. The van der Waals surface area contributed by atoms with Gasteiger partial charge in [0.2, 0.25) is 10.0 Å². The number of sulfonamides is 1. The van der Waals surface area contributed by atoms with E-state index < -0.39 is 28.5 Å². The van der Waals surface area contributed by atoms with Crippen molar-refractivity contribution in [2.75, 3.05) is 29.9 Å². The summed E-state index contributed by atoms with van der Waals surface area (Å²) in [6, 6.07) is 7.57. The molecular weight excluding hydrogens is 396 g/mol. The maximum Gasteiger partial charge on any atom is 0.342 e. The van der Waals surface area contributed by atoms with Gasteiger partial charge in [-0.15, -0.1) is 0 Å². The second kappa shape index (κ2) is 8.58. The lowest BCUT2D eigenvalue weighted by molar-refractivity contribution is -0.119. The molecule has 0 unspecified atom stereocenters. The summed E-state index contributed by atoms with van der Waals surface area (Å²) in [7, 11) is -3.91. The Balaban J connectivity index is 1.64. The topological polar surface area (TPSA) is 132 Å². The molecule has 0 saturated carbocycles. The van der Waals surface area contributed by atoms with Crippen molar-refractivity contribution in [1.82, 2.24) is 4.98 Å².